The maximum Gasteiger partial charge on any atom is 0.0273 e. The van der Waals surface area contributed by atoms with Gasteiger partial charge in [-0.15, -0.1) is 0 Å². The number of hydrogen-bond acceptors (Lipinski definition) is 2. The second kappa shape index (κ2) is 9.51. The van der Waals surface area contributed by atoms with Gasteiger partial charge in [0.1, 0.15) is 0 Å². The van der Waals surface area contributed by atoms with E-state index in [1.165, 1.54) is 0 Å². The van der Waals surface area contributed by atoms with Gasteiger partial charge in [0, 0.05) is 41.6 Å². The van der Waals surface area contributed by atoms with E-state index >= 15 is 0 Å². The van der Waals surface area contributed by atoms with Crippen LogP contribution in [0, 0.1) is 0 Å². The molecular weight excluding hydrogens is 255 g/mol. The molecular formula is C14H14CoN2. The molecule has 0 aliphatic rings. The standard InChI is InChI=1S/2C7H7N.Co/c2*1-2-7-3-5-8-6-4-7;/h2*2-6H,1H2;. The van der Waals surface area contributed by atoms with Crippen molar-refractivity contribution >= 4 is 12.2 Å². The van der Waals surface area contributed by atoms with Gasteiger partial charge in [0.25, 0.3) is 0 Å². The van der Waals surface area contributed by atoms with Crippen molar-refractivity contribution in [2.24, 2.45) is 0 Å². The largest absolute Gasteiger partial charge is 0.265 e. The van der Waals surface area contributed by atoms with Crippen LogP contribution in [0.15, 0.2) is 62.2 Å². The van der Waals surface area contributed by atoms with Gasteiger partial charge in [-0.05, 0) is 35.4 Å². The Morgan fingerprint density at radius 3 is 1.18 bits per heavy atom. The molecule has 0 saturated carbocycles. The molecule has 17 heavy (non-hydrogen) atoms. The SMILES string of the molecule is C=Cc1ccncc1.C=Cc1ccncc1.[Co]. The average molecular weight is 269 g/mol. The van der Waals surface area contributed by atoms with Gasteiger partial charge in [-0.3, -0.25) is 9.97 Å². The van der Waals surface area contributed by atoms with E-state index in [0.717, 1.165) is 11.1 Å². The van der Waals surface area contributed by atoms with E-state index < -0.39 is 0 Å². The van der Waals surface area contributed by atoms with Gasteiger partial charge in [-0.25, -0.2) is 0 Å². The Labute approximate surface area is 112 Å². The Balaban J connectivity index is 0.000000284. The minimum atomic E-state index is 0. The molecule has 89 valence electrons. The molecule has 0 N–H and O–H groups in total. The van der Waals surface area contributed by atoms with Crippen molar-refractivity contribution in [3.05, 3.63) is 73.3 Å². The molecule has 0 bridgehead atoms. The van der Waals surface area contributed by atoms with Crippen molar-refractivity contribution in [1.82, 2.24) is 9.97 Å². The molecule has 2 rings (SSSR count). The fourth-order valence-electron chi connectivity index (χ4n) is 0.999. The Morgan fingerprint density at radius 2 is 1.00 bits per heavy atom. The summed E-state index contributed by atoms with van der Waals surface area (Å²) in [6.07, 6.45) is 10.6. The van der Waals surface area contributed by atoms with E-state index in [1.54, 1.807) is 36.9 Å². The smallest absolute Gasteiger partial charge is 0.0273 e. The summed E-state index contributed by atoms with van der Waals surface area (Å²) in [4.78, 5) is 7.69. The van der Waals surface area contributed by atoms with E-state index in [1.807, 2.05) is 24.3 Å². The molecule has 0 amide bonds. The molecule has 0 aliphatic carbocycles. The van der Waals surface area contributed by atoms with Crippen LogP contribution in [0.4, 0.5) is 0 Å². The number of hydrogen-bond donors (Lipinski definition) is 0. The van der Waals surface area contributed by atoms with E-state index in [0.29, 0.717) is 0 Å². The Morgan fingerprint density at radius 1 is 0.706 bits per heavy atom. The normalized spacial score (nSPS) is 8.00. The molecule has 2 heterocycles. The van der Waals surface area contributed by atoms with Gasteiger partial charge in [0.2, 0.25) is 0 Å². The van der Waals surface area contributed by atoms with Crippen LogP contribution >= 0.6 is 0 Å². The number of aromatic nitrogens is 2. The van der Waals surface area contributed by atoms with Crippen LogP contribution in [0.3, 0.4) is 0 Å². The van der Waals surface area contributed by atoms with Crippen LogP contribution in [0.1, 0.15) is 11.1 Å². The first-order valence-electron chi connectivity index (χ1n) is 4.91. The summed E-state index contributed by atoms with van der Waals surface area (Å²) in [5, 5.41) is 0. The predicted octanol–water partition coefficient (Wildman–Crippen LogP) is 3.45. The molecule has 0 atom stereocenters. The Hall–Kier alpha value is -1.71. The first-order chi connectivity index (χ1) is 7.86. The molecule has 0 saturated heterocycles. The quantitative estimate of drug-likeness (QED) is 0.834. The third kappa shape index (κ3) is 6.45. The van der Waals surface area contributed by atoms with Crippen LogP contribution in [0.25, 0.3) is 12.2 Å². The fraction of sp³-hybridized carbons (Fsp3) is 0. The third-order valence-electron chi connectivity index (χ3n) is 1.88. The van der Waals surface area contributed by atoms with Gasteiger partial charge in [-0.1, -0.05) is 25.3 Å². The molecule has 2 aromatic heterocycles. The zero-order valence-electron chi connectivity index (χ0n) is 9.42. The summed E-state index contributed by atoms with van der Waals surface area (Å²) in [5.74, 6) is 0. The molecule has 0 aliphatic heterocycles. The van der Waals surface area contributed by atoms with Crippen LogP contribution < -0.4 is 0 Å². The first kappa shape index (κ1) is 15.3. The van der Waals surface area contributed by atoms with E-state index in [9.17, 15) is 0 Å². The van der Waals surface area contributed by atoms with Gasteiger partial charge in [0.05, 0.1) is 0 Å². The fourth-order valence-corrected chi connectivity index (χ4v) is 0.999. The van der Waals surface area contributed by atoms with Gasteiger partial charge in [0.15, 0.2) is 0 Å². The van der Waals surface area contributed by atoms with Crippen molar-refractivity contribution in [1.29, 1.82) is 0 Å². The van der Waals surface area contributed by atoms with Crippen LogP contribution in [-0.4, -0.2) is 9.97 Å². The van der Waals surface area contributed by atoms with Crippen LogP contribution in [-0.2, 0) is 16.8 Å². The Bertz CT molecular complexity index is 383. The zero-order valence-corrected chi connectivity index (χ0v) is 10.5. The predicted molar refractivity (Wildman–Crippen MR) is 68.7 cm³/mol. The van der Waals surface area contributed by atoms with Crippen molar-refractivity contribution in [3.63, 3.8) is 0 Å². The molecule has 0 unspecified atom stereocenters. The van der Waals surface area contributed by atoms with Gasteiger partial charge < -0.3 is 0 Å². The summed E-state index contributed by atoms with van der Waals surface area (Å²) in [6, 6.07) is 7.64. The van der Waals surface area contributed by atoms with E-state index in [2.05, 4.69) is 23.1 Å². The van der Waals surface area contributed by atoms with Crippen molar-refractivity contribution in [3.8, 4) is 0 Å². The molecule has 0 spiro atoms. The second-order valence-corrected chi connectivity index (χ2v) is 2.97. The maximum atomic E-state index is 3.85. The molecule has 2 aromatic rings. The molecule has 2 nitrogen and oxygen atoms in total. The summed E-state index contributed by atoms with van der Waals surface area (Å²) in [7, 11) is 0. The maximum absolute atomic E-state index is 3.85. The van der Waals surface area contributed by atoms with E-state index in [4.69, 9.17) is 0 Å². The number of nitrogens with zero attached hydrogens (tertiary/aromatic N) is 2. The summed E-state index contributed by atoms with van der Waals surface area (Å²) in [6.45, 7) is 7.21. The molecule has 3 heteroatoms. The zero-order chi connectivity index (χ0) is 11.6. The first-order valence-corrected chi connectivity index (χ1v) is 4.91. The monoisotopic (exact) mass is 269 g/mol. The summed E-state index contributed by atoms with van der Waals surface area (Å²) >= 11 is 0. The third-order valence-corrected chi connectivity index (χ3v) is 1.88. The Kier molecular flexibility index (Phi) is 8.55. The van der Waals surface area contributed by atoms with Gasteiger partial charge in [-0.2, -0.15) is 0 Å². The summed E-state index contributed by atoms with van der Waals surface area (Å²) in [5.41, 5.74) is 2.22. The minimum absolute atomic E-state index is 0. The topological polar surface area (TPSA) is 25.8 Å². The average Bonchev–Trinajstić information content (AvgIpc) is 2.41. The van der Waals surface area contributed by atoms with Crippen LogP contribution in [0.2, 0.25) is 0 Å². The van der Waals surface area contributed by atoms with Crippen molar-refractivity contribution in [2.45, 2.75) is 0 Å². The number of rotatable bonds is 2. The van der Waals surface area contributed by atoms with E-state index in [-0.39, 0.29) is 16.8 Å². The molecule has 1 radical (unpaired) electrons. The van der Waals surface area contributed by atoms with Crippen LogP contribution in [0.5, 0.6) is 0 Å². The minimum Gasteiger partial charge on any atom is -0.265 e. The summed E-state index contributed by atoms with van der Waals surface area (Å²) < 4.78 is 0. The number of pyridine rings is 2. The van der Waals surface area contributed by atoms with Crippen molar-refractivity contribution in [2.75, 3.05) is 0 Å². The molecule has 0 aromatic carbocycles. The molecule has 0 fully saturated rings. The van der Waals surface area contributed by atoms with Gasteiger partial charge >= 0.3 is 0 Å². The second-order valence-electron chi connectivity index (χ2n) is 2.97. The van der Waals surface area contributed by atoms with Crippen molar-refractivity contribution < 1.29 is 16.8 Å².